The molecule has 1 unspecified atom stereocenters. The van der Waals surface area contributed by atoms with Crippen LogP contribution in [0.15, 0.2) is 17.1 Å². The fraction of sp³-hybridized carbons (Fsp3) is 0.538. The van der Waals surface area contributed by atoms with E-state index in [2.05, 4.69) is 34.6 Å². The zero-order chi connectivity index (χ0) is 13.7. The molecule has 0 aliphatic carbocycles. The van der Waals surface area contributed by atoms with Crippen LogP contribution in [0.5, 0.6) is 5.75 Å². The van der Waals surface area contributed by atoms with Crippen LogP contribution in [-0.4, -0.2) is 28.4 Å². The quantitative estimate of drug-likeness (QED) is 0.846. The van der Waals surface area contributed by atoms with Crippen molar-refractivity contribution in [1.29, 1.82) is 0 Å². The van der Waals surface area contributed by atoms with Gasteiger partial charge in [0.1, 0.15) is 5.69 Å². The molecule has 5 nitrogen and oxygen atoms in total. The second-order valence-electron chi connectivity index (χ2n) is 4.23. The highest BCUT2D eigenvalue weighted by atomic mass is 32.1. The van der Waals surface area contributed by atoms with Crippen LogP contribution >= 0.6 is 11.3 Å². The molecule has 2 aromatic heterocycles. The fourth-order valence-electron chi connectivity index (χ4n) is 2.13. The summed E-state index contributed by atoms with van der Waals surface area (Å²) in [5.41, 5.74) is 3.92. The molecule has 0 aliphatic rings. The Morgan fingerprint density at radius 1 is 1.47 bits per heavy atom. The van der Waals surface area contributed by atoms with Crippen molar-refractivity contribution in [1.82, 2.24) is 20.1 Å². The Hall–Kier alpha value is -1.40. The molecule has 0 spiro atoms. The number of nitrogens with zero attached hydrogens (tertiary/aromatic N) is 3. The van der Waals surface area contributed by atoms with Crippen molar-refractivity contribution in [2.45, 2.75) is 32.9 Å². The summed E-state index contributed by atoms with van der Waals surface area (Å²) in [4.78, 5) is 4.43. The summed E-state index contributed by atoms with van der Waals surface area (Å²) in [6.45, 7) is 5.97. The molecule has 2 aromatic rings. The second kappa shape index (κ2) is 6.68. The van der Waals surface area contributed by atoms with Crippen molar-refractivity contribution >= 4 is 11.3 Å². The predicted octanol–water partition coefficient (Wildman–Crippen LogP) is 2.46. The number of methoxy groups -OCH3 is 1. The van der Waals surface area contributed by atoms with E-state index in [0.29, 0.717) is 0 Å². The van der Waals surface area contributed by atoms with Gasteiger partial charge in [-0.3, -0.25) is 4.68 Å². The van der Waals surface area contributed by atoms with Gasteiger partial charge < -0.3 is 10.1 Å². The third-order valence-corrected chi connectivity index (χ3v) is 3.53. The Morgan fingerprint density at radius 3 is 2.89 bits per heavy atom. The van der Waals surface area contributed by atoms with Gasteiger partial charge in [0.05, 0.1) is 30.6 Å². The number of rotatable bonds is 7. The van der Waals surface area contributed by atoms with Crippen molar-refractivity contribution in [2.75, 3.05) is 13.7 Å². The van der Waals surface area contributed by atoms with E-state index in [-0.39, 0.29) is 6.04 Å². The minimum absolute atomic E-state index is 0.0280. The van der Waals surface area contributed by atoms with Gasteiger partial charge >= 0.3 is 0 Å². The largest absolute Gasteiger partial charge is 0.493 e. The van der Waals surface area contributed by atoms with Crippen LogP contribution < -0.4 is 10.1 Å². The van der Waals surface area contributed by atoms with Crippen LogP contribution in [0.25, 0.3) is 0 Å². The van der Waals surface area contributed by atoms with Gasteiger partial charge in [0.25, 0.3) is 0 Å². The van der Waals surface area contributed by atoms with Crippen molar-refractivity contribution in [3.05, 3.63) is 28.5 Å². The molecule has 0 saturated heterocycles. The molecule has 104 valence electrons. The van der Waals surface area contributed by atoms with Crippen LogP contribution in [0, 0.1) is 0 Å². The first-order valence-corrected chi connectivity index (χ1v) is 7.47. The van der Waals surface area contributed by atoms with Crippen LogP contribution in [0.1, 0.15) is 37.7 Å². The Kier molecular flexibility index (Phi) is 4.93. The van der Waals surface area contributed by atoms with E-state index in [0.717, 1.165) is 36.6 Å². The van der Waals surface area contributed by atoms with E-state index < -0.39 is 0 Å². The van der Waals surface area contributed by atoms with Crippen LogP contribution in [0.2, 0.25) is 0 Å². The second-order valence-corrected chi connectivity index (χ2v) is 4.94. The zero-order valence-corrected chi connectivity index (χ0v) is 12.4. The predicted molar refractivity (Wildman–Crippen MR) is 76.7 cm³/mol. The van der Waals surface area contributed by atoms with Gasteiger partial charge in [0.2, 0.25) is 0 Å². The molecule has 0 aromatic carbocycles. The van der Waals surface area contributed by atoms with Gasteiger partial charge in [0.15, 0.2) is 5.75 Å². The van der Waals surface area contributed by atoms with Gasteiger partial charge in [-0.25, -0.2) is 4.98 Å². The monoisotopic (exact) mass is 280 g/mol. The normalized spacial score (nSPS) is 12.6. The highest BCUT2D eigenvalue weighted by molar-refractivity contribution is 7.07. The topological polar surface area (TPSA) is 52.0 Å². The first-order valence-electron chi connectivity index (χ1n) is 6.52. The molecule has 2 rings (SSSR count). The van der Waals surface area contributed by atoms with Gasteiger partial charge in [0, 0.05) is 11.9 Å². The zero-order valence-electron chi connectivity index (χ0n) is 11.6. The maximum Gasteiger partial charge on any atom is 0.161 e. The van der Waals surface area contributed by atoms with Gasteiger partial charge in [-0.1, -0.05) is 13.8 Å². The number of hydrogen-bond acceptors (Lipinski definition) is 5. The van der Waals surface area contributed by atoms with Crippen molar-refractivity contribution in [3.63, 3.8) is 0 Å². The van der Waals surface area contributed by atoms with E-state index in [1.54, 1.807) is 24.6 Å². The first-order chi connectivity index (χ1) is 9.31. The number of nitrogens with one attached hydrogen (secondary N) is 1. The molecule has 19 heavy (non-hydrogen) atoms. The number of thiazole rings is 1. The molecule has 1 N–H and O–H groups in total. The van der Waals surface area contributed by atoms with Gasteiger partial charge in [-0.15, -0.1) is 11.3 Å². The average molecular weight is 280 g/mol. The van der Waals surface area contributed by atoms with E-state index in [1.165, 1.54) is 0 Å². The molecular formula is C13H20N4OS. The van der Waals surface area contributed by atoms with Gasteiger partial charge in [-0.05, 0) is 13.0 Å². The lowest BCUT2D eigenvalue weighted by molar-refractivity contribution is 0.397. The van der Waals surface area contributed by atoms with E-state index in [4.69, 9.17) is 4.74 Å². The minimum atomic E-state index is 0.0280. The number of aryl methyl sites for hydroxylation is 1. The molecular weight excluding hydrogens is 260 g/mol. The van der Waals surface area contributed by atoms with Crippen LogP contribution in [-0.2, 0) is 6.54 Å². The van der Waals surface area contributed by atoms with Crippen LogP contribution in [0.4, 0.5) is 0 Å². The fourth-order valence-corrected chi connectivity index (χ4v) is 2.71. The summed E-state index contributed by atoms with van der Waals surface area (Å²) in [7, 11) is 1.68. The van der Waals surface area contributed by atoms with Gasteiger partial charge in [-0.2, -0.15) is 5.10 Å². The number of ether oxygens (including phenoxy) is 1. The highest BCUT2D eigenvalue weighted by Gasteiger charge is 2.24. The third kappa shape index (κ3) is 2.96. The first kappa shape index (κ1) is 14.0. The molecule has 0 fully saturated rings. The molecule has 0 amide bonds. The summed E-state index contributed by atoms with van der Waals surface area (Å²) in [6, 6.07) is 0.0280. The summed E-state index contributed by atoms with van der Waals surface area (Å²) in [5.74, 6) is 0.812. The maximum atomic E-state index is 5.45. The average Bonchev–Trinajstić information content (AvgIpc) is 3.06. The Bertz CT molecular complexity index is 495. The molecule has 1 atom stereocenters. The molecule has 2 heterocycles. The summed E-state index contributed by atoms with van der Waals surface area (Å²) in [6.07, 6.45) is 2.81. The lowest BCUT2D eigenvalue weighted by Crippen LogP contribution is -2.25. The van der Waals surface area contributed by atoms with E-state index in [1.807, 2.05) is 10.2 Å². The highest BCUT2D eigenvalue weighted by Crippen LogP contribution is 2.30. The molecule has 0 aliphatic heterocycles. The van der Waals surface area contributed by atoms with E-state index >= 15 is 0 Å². The lowest BCUT2D eigenvalue weighted by atomic mass is 10.1. The molecule has 6 heteroatoms. The Labute approximate surface area is 117 Å². The molecule has 0 saturated carbocycles. The summed E-state index contributed by atoms with van der Waals surface area (Å²) < 4.78 is 7.46. The maximum absolute atomic E-state index is 5.45. The third-order valence-electron chi connectivity index (χ3n) is 2.93. The van der Waals surface area contributed by atoms with E-state index in [9.17, 15) is 0 Å². The number of aromatic nitrogens is 3. The smallest absolute Gasteiger partial charge is 0.161 e. The lowest BCUT2D eigenvalue weighted by Gasteiger charge is -2.19. The van der Waals surface area contributed by atoms with Crippen molar-refractivity contribution < 1.29 is 4.74 Å². The molecule has 0 bridgehead atoms. The Morgan fingerprint density at radius 2 is 2.32 bits per heavy atom. The van der Waals surface area contributed by atoms with Crippen molar-refractivity contribution in [2.24, 2.45) is 0 Å². The number of hydrogen-bond donors (Lipinski definition) is 1. The summed E-state index contributed by atoms with van der Waals surface area (Å²) >= 11 is 1.60. The Balaban J connectivity index is 2.42. The summed E-state index contributed by atoms with van der Waals surface area (Å²) in [5, 5.41) is 9.95. The standard InChI is InChI=1S/C13H20N4OS/c1-4-6-17-13(11(18-3)7-16-17)12(14-5-2)10-8-19-9-15-10/h7-9,12,14H,4-6H2,1-3H3. The van der Waals surface area contributed by atoms with Crippen LogP contribution in [0.3, 0.4) is 0 Å². The SMILES string of the molecule is CCCn1ncc(OC)c1C(NCC)c1cscn1. The van der Waals surface area contributed by atoms with Crippen molar-refractivity contribution in [3.8, 4) is 5.75 Å². The minimum Gasteiger partial charge on any atom is -0.493 e. The molecule has 0 radical (unpaired) electrons.